The number of unbranched alkanes of at least 4 members (excludes halogenated alkanes) is 1. The van der Waals surface area contributed by atoms with Crippen molar-refractivity contribution in [2.24, 2.45) is 17.6 Å². The molecule has 1 amide bonds. The molecule has 1 aliphatic carbocycles. The average Bonchev–Trinajstić information content (AvgIpc) is 2.72. The van der Waals surface area contributed by atoms with E-state index in [-0.39, 0.29) is 18.4 Å². The lowest BCUT2D eigenvalue weighted by molar-refractivity contribution is -0.125. The van der Waals surface area contributed by atoms with Crippen LogP contribution in [0, 0.1) is 11.8 Å². The van der Waals surface area contributed by atoms with Crippen molar-refractivity contribution in [2.45, 2.75) is 32.1 Å². The summed E-state index contributed by atoms with van der Waals surface area (Å²) in [6, 6.07) is 0. The van der Waals surface area contributed by atoms with Crippen LogP contribution in [0.15, 0.2) is 0 Å². The van der Waals surface area contributed by atoms with Crippen molar-refractivity contribution >= 4 is 5.91 Å². The zero-order chi connectivity index (χ0) is 11.1. The van der Waals surface area contributed by atoms with E-state index in [1.54, 1.807) is 0 Å². The number of nitrogens with one attached hydrogen (secondary N) is 1. The highest BCUT2D eigenvalue weighted by Crippen LogP contribution is 2.30. The first-order valence-corrected chi connectivity index (χ1v) is 5.88. The number of carbonyl (C=O) groups excluding carboxylic acids is 1. The monoisotopic (exact) mass is 214 g/mol. The van der Waals surface area contributed by atoms with Gasteiger partial charge in [0.1, 0.15) is 0 Å². The molecular formula is C11H22N2O2. The van der Waals surface area contributed by atoms with Crippen LogP contribution in [0.5, 0.6) is 0 Å². The van der Waals surface area contributed by atoms with Crippen LogP contribution < -0.4 is 11.1 Å². The van der Waals surface area contributed by atoms with Gasteiger partial charge in [-0.15, -0.1) is 0 Å². The van der Waals surface area contributed by atoms with Gasteiger partial charge in [0.2, 0.25) is 5.91 Å². The maximum absolute atomic E-state index is 11.7. The molecule has 0 bridgehead atoms. The number of rotatable bonds is 6. The lowest BCUT2D eigenvalue weighted by atomic mass is 9.95. The van der Waals surface area contributed by atoms with Crippen LogP contribution in [-0.4, -0.2) is 30.7 Å². The third kappa shape index (κ3) is 3.80. The fraction of sp³-hybridized carbons (Fsp3) is 0.909. The molecule has 0 aromatic carbocycles. The summed E-state index contributed by atoms with van der Waals surface area (Å²) in [5.41, 5.74) is 5.63. The number of nitrogens with two attached hydrogens (primary N) is 1. The van der Waals surface area contributed by atoms with E-state index in [1.807, 2.05) is 0 Å². The minimum absolute atomic E-state index is 0.129. The third-order valence-electron chi connectivity index (χ3n) is 3.18. The molecule has 15 heavy (non-hydrogen) atoms. The van der Waals surface area contributed by atoms with Crippen molar-refractivity contribution in [3.05, 3.63) is 0 Å². The van der Waals surface area contributed by atoms with Crippen LogP contribution in [0.2, 0.25) is 0 Å². The summed E-state index contributed by atoms with van der Waals surface area (Å²) < 4.78 is 0. The second-order valence-electron chi connectivity index (χ2n) is 4.25. The van der Waals surface area contributed by atoms with Crippen LogP contribution >= 0.6 is 0 Å². The standard InChI is InChI=1S/C11H22N2O2/c12-8-9-4-3-5-10(9)11(15)13-6-1-2-7-14/h9-10,14H,1-8,12H2,(H,13,15). The molecule has 4 nitrogen and oxygen atoms in total. The molecule has 1 fully saturated rings. The number of hydrogen-bond acceptors (Lipinski definition) is 3. The molecule has 4 N–H and O–H groups in total. The topological polar surface area (TPSA) is 75.4 Å². The van der Waals surface area contributed by atoms with E-state index in [0.29, 0.717) is 19.0 Å². The first-order chi connectivity index (χ1) is 7.29. The third-order valence-corrected chi connectivity index (χ3v) is 3.18. The molecule has 0 radical (unpaired) electrons. The molecule has 1 aliphatic rings. The van der Waals surface area contributed by atoms with Crippen LogP contribution in [0.25, 0.3) is 0 Å². The number of carbonyl (C=O) groups is 1. The Bertz CT molecular complexity index is 197. The summed E-state index contributed by atoms with van der Waals surface area (Å²) in [5, 5.41) is 11.5. The molecule has 2 atom stereocenters. The van der Waals surface area contributed by atoms with Crippen molar-refractivity contribution in [3.8, 4) is 0 Å². The first-order valence-electron chi connectivity index (χ1n) is 5.88. The average molecular weight is 214 g/mol. The van der Waals surface area contributed by atoms with Crippen molar-refractivity contribution in [3.63, 3.8) is 0 Å². The number of hydrogen-bond donors (Lipinski definition) is 3. The predicted octanol–water partition coefficient (Wildman–Crippen LogP) is 0.250. The van der Waals surface area contributed by atoms with Gasteiger partial charge in [0, 0.05) is 19.1 Å². The van der Waals surface area contributed by atoms with Gasteiger partial charge in [0.25, 0.3) is 0 Å². The maximum atomic E-state index is 11.7. The highest BCUT2D eigenvalue weighted by atomic mass is 16.2. The second kappa shape index (κ2) is 6.80. The number of amides is 1. The summed E-state index contributed by atoms with van der Waals surface area (Å²) in [6.07, 6.45) is 4.79. The van der Waals surface area contributed by atoms with E-state index in [4.69, 9.17) is 10.8 Å². The van der Waals surface area contributed by atoms with Gasteiger partial charge in [0.05, 0.1) is 0 Å². The Morgan fingerprint density at radius 1 is 1.40 bits per heavy atom. The number of aliphatic hydroxyl groups excluding tert-OH is 1. The number of aliphatic hydroxyl groups is 1. The fourth-order valence-electron chi connectivity index (χ4n) is 2.24. The molecule has 0 aliphatic heterocycles. The summed E-state index contributed by atoms with van der Waals surface area (Å²) in [4.78, 5) is 11.7. The van der Waals surface area contributed by atoms with Gasteiger partial charge >= 0.3 is 0 Å². The fourth-order valence-corrected chi connectivity index (χ4v) is 2.24. The van der Waals surface area contributed by atoms with Crippen LogP contribution in [0.4, 0.5) is 0 Å². The van der Waals surface area contributed by atoms with E-state index >= 15 is 0 Å². The molecule has 2 unspecified atom stereocenters. The quantitative estimate of drug-likeness (QED) is 0.555. The van der Waals surface area contributed by atoms with Gasteiger partial charge in [-0.05, 0) is 38.1 Å². The van der Waals surface area contributed by atoms with Crippen molar-refractivity contribution < 1.29 is 9.90 Å². The zero-order valence-corrected chi connectivity index (χ0v) is 9.24. The Morgan fingerprint density at radius 3 is 2.87 bits per heavy atom. The van der Waals surface area contributed by atoms with Crippen molar-refractivity contribution in [1.29, 1.82) is 0 Å². The zero-order valence-electron chi connectivity index (χ0n) is 9.24. The van der Waals surface area contributed by atoms with Gasteiger partial charge in [-0.1, -0.05) is 6.42 Å². The first kappa shape index (κ1) is 12.5. The molecule has 1 rings (SSSR count). The Kier molecular flexibility index (Phi) is 5.65. The van der Waals surface area contributed by atoms with E-state index in [9.17, 15) is 4.79 Å². The van der Waals surface area contributed by atoms with Gasteiger partial charge in [-0.3, -0.25) is 4.79 Å². The Balaban J connectivity index is 2.21. The van der Waals surface area contributed by atoms with Crippen molar-refractivity contribution in [1.82, 2.24) is 5.32 Å². The van der Waals surface area contributed by atoms with Gasteiger partial charge < -0.3 is 16.2 Å². The molecule has 0 heterocycles. The van der Waals surface area contributed by atoms with E-state index in [2.05, 4.69) is 5.32 Å². The van der Waals surface area contributed by atoms with Crippen LogP contribution in [0.1, 0.15) is 32.1 Å². The van der Waals surface area contributed by atoms with Gasteiger partial charge in [0.15, 0.2) is 0 Å². The van der Waals surface area contributed by atoms with Crippen LogP contribution in [0.3, 0.4) is 0 Å². The smallest absolute Gasteiger partial charge is 0.223 e. The van der Waals surface area contributed by atoms with E-state index < -0.39 is 0 Å². The van der Waals surface area contributed by atoms with Crippen LogP contribution in [-0.2, 0) is 4.79 Å². The minimum Gasteiger partial charge on any atom is -0.396 e. The normalized spacial score (nSPS) is 25.5. The summed E-state index contributed by atoms with van der Waals surface area (Å²) >= 11 is 0. The summed E-state index contributed by atoms with van der Waals surface area (Å²) in [7, 11) is 0. The lowest BCUT2D eigenvalue weighted by Gasteiger charge is -2.17. The molecule has 88 valence electrons. The summed E-state index contributed by atoms with van der Waals surface area (Å²) in [6.45, 7) is 1.49. The SMILES string of the molecule is NCC1CCCC1C(=O)NCCCCO. The largest absolute Gasteiger partial charge is 0.396 e. The Morgan fingerprint density at radius 2 is 2.20 bits per heavy atom. The highest BCUT2D eigenvalue weighted by molar-refractivity contribution is 5.79. The molecule has 4 heteroatoms. The highest BCUT2D eigenvalue weighted by Gasteiger charge is 2.31. The molecule has 0 aromatic heterocycles. The van der Waals surface area contributed by atoms with Gasteiger partial charge in [-0.25, -0.2) is 0 Å². The second-order valence-corrected chi connectivity index (χ2v) is 4.25. The lowest BCUT2D eigenvalue weighted by Crippen LogP contribution is -2.35. The molecule has 0 saturated heterocycles. The Labute approximate surface area is 91.2 Å². The van der Waals surface area contributed by atoms with Gasteiger partial charge in [-0.2, -0.15) is 0 Å². The Hall–Kier alpha value is -0.610. The predicted molar refractivity (Wildman–Crippen MR) is 59.2 cm³/mol. The maximum Gasteiger partial charge on any atom is 0.223 e. The summed E-state index contributed by atoms with van der Waals surface area (Å²) in [5.74, 6) is 0.660. The van der Waals surface area contributed by atoms with E-state index in [0.717, 1.165) is 32.1 Å². The van der Waals surface area contributed by atoms with Crippen molar-refractivity contribution in [2.75, 3.05) is 19.7 Å². The minimum atomic E-state index is 0.129. The molecular weight excluding hydrogens is 192 g/mol. The molecule has 1 saturated carbocycles. The molecule has 0 spiro atoms. The molecule has 0 aromatic rings. The van der Waals surface area contributed by atoms with E-state index in [1.165, 1.54) is 0 Å².